The third kappa shape index (κ3) is 19.1. The largest absolute Gasteiger partial charge is 0.382 e. The highest BCUT2D eigenvalue weighted by molar-refractivity contribution is 4.73. The number of rotatable bonds is 2. The maximum absolute atomic E-state index is 6.31. The van der Waals surface area contributed by atoms with Crippen LogP contribution in [0.1, 0.15) is 13.8 Å². The average Bonchev–Trinajstić information content (AvgIpc) is 1.88. The van der Waals surface area contributed by atoms with Crippen LogP contribution >= 0.6 is 0 Å². The van der Waals surface area contributed by atoms with Crippen LogP contribution in [0.5, 0.6) is 0 Å². The second-order valence-corrected chi connectivity index (χ2v) is 1.39. The van der Waals surface area contributed by atoms with E-state index in [9.17, 15) is 0 Å². The van der Waals surface area contributed by atoms with Gasteiger partial charge in [0, 0.05) is 20.3 Å². The van der Waals surface area contributed by atoms with Crippen LogP contribution in [0.15, 0.2) is 17.5 Å². The minimum absolute atomic E-state index is 1.42. The smallest absolute Gasteiger partial charge is 0.0647 e. The van der Waals surface area contributed by atoms with Gasteiger partial charge in [0.25, 0.3) is 0 Å². The maximum Gasteiger partial charge on any atom is 0.0647 e. The van der Waals surface area contributed by atoms with E-state index in [1.807, 2.05) is 32.8 Å². The molecule has 3 nitrogen and oxygen atoms in total. The Hall–Kier alpha value is -0.860. The molecular weight excluding hydrogens is 114 g/mol. The molecule has 0 radical (unpaired) electrons. The zero-order valence-electron chi connectivity index (χ0n) is 6.55. The van der Waals surface area contributed by atoms with E-state index in [0.717, 1.165) is 0 Å². The van der Waals surface area contributed by atoms with Crippen LogP contribution in [0.3, 0.4) is 0 Å². The van der Waals surface area contributed by atoms with E-state index in [1.165, 1.54) is 6.20 Å². The van der Waals surface area contributed by atoms with Crippen molar-refractivity contribution in [1.82, 2.24) is 4.90 Å². The van der Waals surface area contributed by atoms with Gasteiger partial charge in [-0.1, -0.05) is 13.8 Å². The van der Waals surface area contributed by atoms with E-state index in [4.69, 9.17) is 5.53 Å². The van der Waals surface area contributed by atoms with E-state index < -0.39 is 0 Å². The van der Waals surface area contributed by atoms with Gasteiger partial charge in [0.15, 0.2) is 0 Å². The van der Waals surface area contributed by atoms with Crippen molar-refractivity contribution in [2.45, 2.75) is 13.8 Å². The molecule has 0 aromatic carbocycles. The van der Waals surface area contributed by atoms with E-state index >= 15 is 0 Å². The number of nitrogens with one attached hydrogen (secondary N) is 1. The van der Waals surface area contributed by atoms with Gasteiger partial charge in [-0.25, -0.2) is 5.53 Å². The monoisotopic (exact) mass is 129 g/mol. The summed E-state index contributed by atoms with van der Waals surface area (Å²) in [6.07, 6.45) is 3.12. The van der Waals surface area contributed by atoms with E-state index in [2.05, 4.69) is 5.11 Å². The van der Waals surface area contributed by atoms with Crippen LogP contribution in [-0.2, 0) is 0 Å². The predicted octanol–water partition coefficient (Wildman–Crippen LogP) is 2.08. The third-order valence-electron chi connectivity index (χ3n) is 0.439. The lowest BCUT2D eigenvalue weighted by Gasteiger charge is -1.99. The van der Waals surface area contributed by atoms with Crippen molar-refractivity contribution >= 4 is 0 Å². The zero-order chi connectivity index (χ0) is 7.70. The van der Waals surface area contributed by atoms with Crippen molar-refractivity contribution in [3.63, 3.8) is 0 Å². The summed E-state index contributed by atoms with van der Waals surface area (Å²) >= 11 is 0. The quantitative estimate of drug-likeness (QED) is 0.569. The van der Waals surface area contributed by atoms with Gasteiger partial charge in [-0.3, -0.25) is 0 Å². The van der Waals surface area contributed by atoms with Crippen LogP contribution in [0.4, 0.5) is 0 Å². The molecular formula is C6H15N3. The van der Waals surface area contributed by atoms with Gasteiger partial charge in [0.2, 0.25) is 0 Å². The van der Waals surface area contributed by atoms with Crippen molar-refractivity contribution in [2.24, 2.45) is 5.11 Å². The SMILES string of the molecule is CC.CN(C)/C=C\N=N. The first kappa shape index (κ1) is 11.0. The fourth-order valence-electron chi connectivity index (χ4n) is 0.167. The molecule has 0 heterocycles. The lowest BCUT2D eigenvalue weighted by molar-refractivity contribution is 0.561. The lowest BCUT2D eigenvalue weighted by atomic mass is 10.8. The van der Waals surface area contributed by atoms with E-state index in [0.29, 0.717) is 0 Å². The Morgan fingerprint density at radius 1 is 1.33 bits per heavy atom. The fourth-order valence-corrected chi connectivity index (χ4v) is 0.167. The van der Waals surface area contributed by atoms with Crippen LogP contribution in [-0.4, -0.2) is 19.0 Å². The first-order valence-electron chi connectivity index (χ1n) is 2.97. The molecule has 0 aliphatic carbocycles. The van der Waals surface area contributed by atoms with Gasteiger partial charge in [0.1, 0.15) is 0 Å². The molecule has 0 aliphatic heterocycles. The summed E-state index contributed by atoms with van der Waals surface area (Å²) in [5.74, 6) is 0. The van der Waals surface area contributed by atoms with Crippen LogP contribution in [0.25, 0.3) is 0 Å². The first-order chi connectivity index (χ1) is 4.27. The molecule has 9 heavy (non-hydrogen) atoms. The Morgan fingerprint density at radius 3 is 1.89 bits per heavy atom. The Bertz CT molecular complexity index is 76.4. The zero-order valence-corrected chi connectivity index (χ0v) is 6.55. The van der Waals surface area contributed by atoms with Crippen molar-refractivity contribution in [2.75, 3.05) is 14.1 Å². The molecule has 0 aromatic heterocycles. The van der Waals surface area contributed by atoms with Crippen LogP contribution < -0.4 is 0 Å². The highest BCUT2D eigenvalue weighted by atomic mass is 15.0. The molecule has 54 valence electrons. The van der Waals surface area contributed by atoms with E-state index in [-0.39, 0.29) is 0 Å². The lowest BCUT2D eigenvalue weighted by Crippen LogP contribution is -1.99. The second kappa shape index (κ2) is 10.2. The van der Waals surface area contributed by atoms with Crippen molar-refractivity contribution in [1.29, 1.82) is 5.53 Å². The Labute approximate surface area is 56.9 Å². The van der Waals surface area contributed by atoms with Crippen molar-refractivity contribution < 1.29 is 0 Å². The summed E-state index contributed by atoms with van der Waals surface area (Å²) < 4.78 is 0. The minimum Gasteiger partial charge on any atom is -0.382 e. The van der Waals surface area contributed by atoms with Crippen molar-refractivity contribution in [3.8, 4) is 0 Å². The summed E-state index contributed by atoms with van der Waals surface area (Å²) in [5.41, 5.74) is 6.31. The van der Waals surface area contributed by atoms with Gasteiger partial charge in [-0.15, -0.1) is 0 Å². The summed E-state index contributed by atoms with van der Waals surface area (Å²) in [6.45, 7) is 4.00. The van der Waals surface area contributed by atoms with Crippen LogP contribution in [0, 0.1) is 5.53 Å². The molecule has 3 heteroatoms. The number of nitrogens with zero attached hydrogens (tertiary/aromatic N) is 2. The predicted molar refractivity (Wildman–Crippen MR) is 39.3 cm³/mol. The molecule has 0 rings (SSSR count). The Balaban J connectivity index is 0. The first-order valence-corrected chi connectivity index (χ1v) is 2.97. The molecule has 0 fully saturated rings. The van der Waals surface area contributed by atoms with Gasteiger partial charge < -0.3 is 4.90 Å². The molecule has 0 aliphatic rings. The summed E-state index contributed by atoms with van der Waals surface area (Å²) in [5, 5.41) is 3.00. The topological polar surface area (TPSA) is 39.5 Å². The van der Waals surface area contributed by atoms with Crippen molar-refractivity contribution in [3.05, 3.63) is 12.4 Å². The maximum atomic E-state index is 6.31. The molecule has 1 N–H and O–H groups in total. The highest BCUT2D eigenvalue weighted by Gasteiger charge is 1.68. The Kier molecular flexibility index (Phi) is 12.5. The molecule has 0 amide bonds. The molecule has 0 unspecified atom stereocenters. The molecule has 0 saturated carbocycles. The normalized spacial score (nSPS) is 8.00. The number of hydrogen-bond acceptors (Lipinski definition) is 3. The molecule has 0 aromatic rings. The Morgan fingerprint density at radius 2 is 1.78 bits per heavy atom. The van der Waals surface area contributed by atoms with Gasteiger partial charge in [0.05, 0.1) is 6.20 Å². The second-order valence-electron chi connectivity index (χ2n) is 1.39. The summed E-state index contributed by atoms with van der Waals surface area (Å²) in [7, 11) is 3.75. The summed E-state index contributed by atoms with van der Waals surface area (Å²) in [4.78, 5) is 1.82. The van der Waals surface area contributed by atoms with Gasteiger partial charge in [-0.05, 0) is 0 Å². The molecule has 0 spiro atoms. The van der Waals surface area contributed by atoms with Gasteiger partial charge in [-0.2, -0.15) is 5.11 Å². The minimum atomic E-state index is 1.42. The third-order valence-corrected chi connectivity index (χ3v) is 0.439. The van der Waals surface area contributed by atoms with E-state index in [1.54, 1.807) is 6.20 Å². The fraction of sp³-hybridized carbons (Fsp3) is 0.667. The molecule has 0 saturated heterocycles. The van der Waals surface area contributed by atoms with Gasteiger partial charge >= 0.3 is 0 Å². The van der Waals surface area contributed by atoms with Crippen LogP contribution in [0.2, 0.25) is 0 Å². The highest BCUT2D eigenvalue weighted by Crippen LogP contribution is 1.75. The molecule has 0 atom stereocenters. The number of hydrogen-bond donors (Lipinski definition) is 1. The molecule has 0 bridgehead atoms. The average molecular weight is 129 g/mol. The summed E-state index contributed by atoms with van der Waals surface area (Å²) in [6, 6.07) is 0. The standard InChI is InChI=1S/C4H9N3.C2H6/c1-7(2)4-3-6-5;1-2/h3-5H,1-2H3;1-2H3/b4-3-,6-5?;.